The lowest BCUT2D eigenvalue weighted by atomic mass is 10.1. The van der Waals surface area contributed by atoms with Crippen LogP contribution in [0.2, 0.25) is 0 Å². The van der Waals surface area contributed by atoms with Crippen molar-refractivity contribution in [1.82, 2.24) is 4.90 Å². The summed E-state index contributed by atoms with van der Waals surface area (Å²) in [7, 11) is 0. The van der Waals surface area contributed by atoms with Crippen LogP contribution in [-0.2, 0) is 9.53 Å². The summed E-state index contributed by atoms with van der Waals surface area (Å²) < 4.78 is 5.14. The molecule has 0 aromatic rings. The standard InChI is InChI=1S/C10H17NO3/c1-3-8(2)6-11-4-5-14-7-9(11)10(12)13/h9H,2-7H2,1H3,(H,12,13). The fourth-order valence-corrected chi connectivity index (χ4v) is 1.45. The smallest absolute Gasteiger partial charge is 0.323 e. The Labute approximate surface area is 84.2 Å². The van der Waals surface area contributed by atoms with Gasteiger partial charge in [-0.1, -0.05) is 19.1 Å². The van der Waals surface area contributed by atoms with Gasteiger partial charge in [-0.25, -0.2) is 0 Å². The number of nitrogens with zero attached hydrogens (tertiary/aromatic N) is 1. The molecule has 0 radical (unpaired) electrons. The van der Waals surface area contributed by atoms with Gasteiger partial charge in [-0.3, -0.25) is 9.69 Å². The van der Waals surface area contributed by atoms with E-state index in [4.69, 9.17) is 9.84 Å². The molecular formula is C10H17NO3. The van der Waals surface area contributed by atoms with Crippen molar-refractivity contribution >= 4 is 5.97 Å². The monoisotopic (exact) mass is 199 g/mol. The summed E-state index contributed by atoms with van der Waals surface area (Å²) in [4.78, 5) is 12.8. The zero-order valence-electron chi connectivity index (χ0n) is 8.53. The molecule has 4 nitrogen and oxygen atoms in total. The number of carboxylic acid groups (broad SMARTS) is 1. The van der Waals surface area contributed by atoms with Crippen LogP contribution in [0.4, 0.5) is 0 Å². The van der Waals surface area contributed by atoms with E-state index < -0.39 is 12.0 Å². The normalized spacial score (nSPS) is 23.4. The van der Waals surface area contributed by atoms with E-state index in [2.05, 4.69) is 6.58 Å². The second-order valence-corrected chi connectivity index (χ2v) is 3.50. The first kappa shape index (κ1) is 11.2. The van der Waals surface area contributed by atoms with Crippen molar-refractivity contribution in [3.05, 3.63) is 12.2 Å². The van der Waals surface area contributed by atoms with Crippen LogP contribution in [0.25, 0.3) is 0 Å². The average molecular weight is 199 g/mol. The Morgan fingerprint density at radius 2 is 2.43 bits per heavy atom. The van der Waals surface area contributed by atoms with E-state index in [-0.39, 0.29) is 6.61 Å². The van der Waals surface area contributed by atoms with Crippen LogP contribution in [0.15, 0.2) is 12.2 Å². The van der Waals surface area contributed by atoms with Crippen molar-refractivity contribution in [2.24, 2.45) is 0 Å². The molecule has 80 valence electrons. The van der Waals surface area contributed by atoms with E-state index in [0.717, 1.165) is 12.0 Å². The van der Waals surface area contributed by atoms with Gasteiger partial charge >= 0.3 is 5.97 Å². The van der Waals surface area contributed by atoms with Gasteiger partial charge < -0.3 is 9.84 Å². The third-order valence-electron chi connectivity index (χ3n) is 2.45. The first-order chi connectivity index (χ1) is 6.65. The second kappa shape index (κ2) is 5.12. The summed E-state index contributed by atoms with van der Waals surface area (Å²) in [5, 5.41) is 8.94. The number of rotatable bonds is 4. The lowest BCUT2D eigenvalue weighted by Gasteiger charge is -2.33. The highest BCUT2D eigenvalue weighted by Crippen LogP contribution is 2.10. The van der Waals surface area contributed by atoms with Gasteiger partial charge in [-0.05, 0) is 6.42 Å². The topological polar surface area (TPSA) is 49.8 Å². The van der Waals surface area contributed by atoms with Crippen molar-refractivity contribution < 1.29 is 14.6 Å². The minimum Gasteiger partial charge on any atom is -0.480 e. The number of aliphatic carboxylic acids is 1. The SMILES string of the molecule is C=C(CC)CN1CCOCC1C(=O)O. The summed E-state index contributed by atoms with van der Waals surface area (Å²) in [5.41, 5.74) is 1.07. The van der Waals surface area contributed by atoms with E-state index in [0.29, 0.717) is 19.7 Å². The van der Waals surface area contributed by atoms with Gasteiger partial charge in [-0.2, -0.15) is 0 Å². The van der Waals surface area contributed by atoms with Crippen molar-refractivity contribution in [2.75, 3.05) is 26.3 Å². The van der Waals surface area contributed by atoms with Crippen molar-refractivity contribution in [3.63, 3.8) is 0 Å². The minimum absolute atomic E-state index is 0.284. The van der Waals surface area contributed by atoms with Gasteiger partial charge in [0.1, 0.15) is 6.04 Å². The quantitative estimate of drug-likeness (QED) is 0.678. The predicted octanol–water partition coefficient (Wildman–Crippen LogP) is 0.738. The fraction of sp³-hybridized carbons (Fsp3) is 0.700. The lowest BCUT2D eigenvalue weighted by molar-refractivity contribution is -0.149. The number of ether oxygens (including phenoxy) is 1. The summed E-state index contributed by atoms with van der Waals surface area (Å²) in [6, 6.07) is -0.507. The van der Waals surface area contributed by atoms with Crippen LogP contribution >= 0.6 is 0 Å². The van der Waals surface area contributed by atoms with Crippen LogP contribution in [-0.4, -0.2) is 48.3 Å². The van der Waals surface area contributed by atoms with Gasteiger partial charge in [0.15, 0.2) is 0 Å². The van der Waals surface area contributed by atoms with Crippen LogP contribution in [0.3, 0.4) is 0 Å². The maximum Gasteiger partial charge on any atom is 0.323 e. The Balaban J connectivity index is 2.54. The van der Waals surface area contributed by atoms with Crippen LogP contribution in [0.5, 0.6) is 0 Å². The molecule has 0 saturated carbocycles. The molecule has 0 aliphatic carbocycles. The minimum atomic E-state index is -0.811. The summed E-state index contributed by atoms with van der Waals surface area (Å²) in [5.74, 6) is -0.811. The molecule has 1 aliphatic rings. The largest absolute Gasteiger partial charge is 0.480 e. The first-order valence-electron chi connectivity index (χ1n) is 4.86. The van der Waals surface area contributed by atoms with E-state index in [1.54, 1.807) is 0 Å². The zero-order chi connectivity index (χ0) is 10.6. The molecule has 1 rings (SSSR count). The number of carboxylic acids is 1. The molecule has 0 spiro atoms. The van der Waals surface area contributed by atoms with Crippen LogP contribution in [0, 0.1) is 0 Å². The molecule has 0 aromatic carbocycles. The molecule has 1 N–H and O–H groups in total. The molecule has 0 amide bonds. The molecule has 1 saturated heterocycles. The number of hydrogen-bond donors (Lipinski definition) is 1. The highest BCUT2D eigenvalue weighted by molar-refractivity contribution is 5.73. The third-order valence-corrected chi connectivity index (χ3v) is 2.45. The first-order valence-corrected chi connectivity index (χ1v) is 4.86. The number of carbonyl (C=O) groups is 1. The van der Waals surface area contributed by atoms with Gasteiger partial charge in [0.05, 0.1) is 13.2 Å². The molecule has 1 atom stereocenters. The van der Waals surface area contributed by atoms with Gasteiger partial charge in [0, 0.05) is 13.1 Å². The molecule has 1 aliphatic heterocycles. The Morgan fingerprint density at radius 1 is 1.71 bits per heavy atom. The maximum absolute atomic E-state index is 10.9. The second-order valence-electron chi connectivity index (χ2n) is 3.50. The zero-order valence-corrected chi connectivity index (χ0v) is 8.53. The Kier molecular flexibility index (Phi) is 4.10. The van der Waals surface area contributed by atoms with Gasteiger partial charge in [-0.15, -0.1) is 0 Å². The molecule has 0 aromatic heterocycles. The van der Waals surface area contributed by atoms with Crippen LogP contribution in [0.1, 0.15) is 13.3 Å². The summed E-state index contributed by atoms with van der Waals surface area (Å²) in [6.45, 7) is 8.15. The van der Waals surface area contributed by atoms with Crippen LogP contribution < -0.4 is 0 Å². The maximum atomic E-state index is 10.9. The highest BCUT2D eigenvalue weighted by Gasteiger charge is 2.28. The Hall–Kier alpha value is -0.870. The molecule has 0 bridgehead atoms. The van der Waals surface area contributed by atoms with Crippen molar-refractivity contribution in [1.29, 1.82) is 0 Å². The molecule has 1 heterocycles. The van der Waals surface area contributed by atoms with E-state index in [1.165, 1.54) is 0 Å². The van der Waals surface area contributed by atoms with Gasteiger partial charge in [0.2, 0.25) is 0 Å². The number of hydrogen-bond acceptors (Lipinski definition) is 3. The third kappa shape index (κ3) is 2.82. The Bertz CT molecular complexity index is 227. The molecule has 1 fully saturated rings. The van der Waals surface area contributed by atoms with Gasteiger partial charge in [0.25, 0.3) is 0 Å². The Morgan fingerprint density at radius 3 is 3.00 bits per heavy atom. The molecule has 4 heteroatoms. The summed E-state index contributed by atoms with van der Waals surface area (Å²) in [6.07, 6.45) is 0.893. The van der Waals surface area contributed by atoms with Crippen molar-refractivity contribution in [2.45, 2.75) is 19.4 Å². The van der Waals surface area contributed by atoms with E-state index >= 15 is 0 Å². The molecule has 14 heavy (non-hydrogen) atoms. The lowest BCUT2D eigenvalue weighted by Crippen LogP contribution is -2.50. The predicted molar refractivity (Wildman–Crippen MR) is 53.2 cm³/mol. The molecular weight excluding hydrogens is 182 g/mol. The van der Waals surface area contributed by atoms with E-state index in [1.807, 2.05) is 11.8 Å². The average Bonchev–Trinajstić information content (AvgIpc) is 2.18. The number of morpholine rings is 1. The fourth-order valence-electron chi connectivity index (χ4n) is 1.45. The van der Waals surface area contributed by atoms with E-state index in [9.17, 15) is 4.79 Å². The highest BCUT2D eigenvalue weighted by atomic mass is 16.5. The van der Waals surface area contributed by atoms with Crippen molar-refractivity contribution in [3.8, 4) is 0 Å². The molecule has 1 unspecified atom stereocenters. The summed E-state index contributed by atoms with van der Waals surface area (Å²) >= 11 is 0.